The first-order valence-electron chi connectivity index (χ1n) is 6.15. The Kier molecular flexibility index (Phi) is 6.73. The fourth-order valence-corrected chi connectivity index (χ4v) is 3.71. The van der Waals surface area contributed by atoms with E-state index in [9.17, 15) is 0 Å². The van der Waals surface area contributed by atoms with Gasteiger partial charge in [0.15, 0.2) is 0 Å². The molecule has 0 radical (unpaired) electrons. The molecule has 1 rings (SSSR count). The minimum absolute atomic E-state index is 0.577. The number of likely N-dealkylation sites (N-methyl/N-ethyl adjacent to an activating group) is 2. The minimum Gasteiger partial charge on any atom is -0.385 e. The van der Waals surface area contributed by atoms with Gasteiger partial charge in [-0.1, -0.05) is 6.92 Å². The number of ether oxygens (including phenoxy) is 1. The zero-order valence-electron chi connectivity index (χ0n) is 11.0. The van der Waals surface area contributed by atoms with Gasteiger partial charge in [-0.05, 0) is 26.4 Å². The van der Waals surface area contributed by atoms with Crippen molar-refractivity contribution in [3.05, 3.63) is 0 Å². The molecule has 1 N–H and O–H groups in total. The number of hydrogen-bond acceptors (Lipinski definition) is 4. The van der Waals surface area contributed by atoms with Crippen LogP contribution in [-0.2, 0) is 4.74 Å². The summed E-state index contributed by atoms with van der Waals surface area (Å²) >= 11 is 2.08. The smallest absolute Gasteiger partial charge is 0.0465 e. The van der Waals surface area contributed by atoms with Gasteiger partial charge in [0.05, 0.1) is 0 Å². The van der Waals surface area contributed by atoms with E-state index in [2.05, 4.69) is 43.0 Å². The molecule has 0 aromatic heterocycles. The standard InChI is InChI=1S/C12H26N2OS/c1-10(5-7-15-4)12(13-2)11-9-16-8-6-14(11)3/h10-13H,5-9H2,1-4H3. The fourth-order valence-electron chi connectivity index (χ4n) is 2.42. The molecule has 1 saturated heterocycles. The summed E-state index contributed by atoms with van der Waals surface area (Å²) in [5.41, 5.74) is 0. The molecule has 0 amide bonds. The van der Waals surface area contributed by atoms with E-state index < -0.39 is 0 Å². The predicted octanol–water partition coefficient (Wildman–Crippen LogP) is 1.29. The van der Waals surface area contributed by atoms with Crippen LogP contribution in [0.5, 0.6) is 0 Å². The Morgan fingerprint density at radius 3 is 2.88 bits per heavy atom. The van der Waals surface area contributed by atoms with Gasteiger partial charge in [-0.25, -0.2) is 0 Å². The Balaban J connectivity index is 2.50. The van der Waals surface area contributed by atoms with Gasteiger partial charge in [-0.3, -0.25) is 0 Å². The first-order valence-corrected chi connectivity index (χ1v) is 7.30. The van der Waals surface area contributed by atoms with Crippen molar-refractivity contribution in [2.75, 3.05) is 45.9 Å². The maximum atomic E-state index is 5.17. The second-order valence-corrected chi connectivity index (χ2v) is 5.85. The van der Waals surface area contributed by atoms with Gasteiger partial charge < -0.3 is 15.0 Å². The molecule has 3 nitrogen and oxygen atoms in total. The lowest BCUT2D eigenvalue weighted by Gasteiger charge is -2.40. The van der Waals surface area contributed by atoms with E-state index in [1.54, 1.807) is 7.11 Å². The molecule has 1 heterocycles. The topological polar surface area (TPSA) is 24.5 Å². The molecule has 0 aromatic rings. The summed E-state index contributed by atoms with van der Waals surface area (Å²) in [4.78, 5) is 2.50. The van der Waals surface area contributed by atoms with Crippen LogP contribution in [0.25, 0.3) is 0 Å². The third-order valence-electron chi connectivity index (χ3n) is 3.58. The molecule has 1 aliphatic rings. The SMILES string of the molecule is CNC(C(C)CCOC)C1CSCCN1C. The first-order chi connectivity index (χ1) is 7.70. The number of thioether (sulfide) groups is 1. The normalized spacial score (nSPS) is 26.6. The Labute approximate surface area is 104 Å². The highest BCUT2D eigenvalue weighted by molar-refractivity contribution is 7.99. The van der Waals surface area contributed by atoms with Crippen LogP contribution in [0.4, 0.5) is 0 Å². The van der Waals surface area contributed by atoms with E-state index in [1.165, 1.54) is 18.1 Å². The second-order valence-electron chi connectivity index (χ2n) is 4.70. The summed E-state index contributed by atoms with van der Waals surface area (Å²) < 4.78 is 5.17. The number of rotatable bonds is 6. The first kappa shape index (κ1) is 14.3. The van der Waals surface area contributed by atoms with Gasteiger partial charge in [0.2, 0.25) is 0 Å². The van der Waals surface area contributed by atoms with Crippen molar-refractivity contribution >= 4 is 11.8 Å². The quantitative estimate of drug-likeness (QED) is 0.763. The molecule has 0 saturated carbocycles. The molecular weight excluding hydrogens is 220 g/mol. The van der Waals surface area contributed by atoms with E-state index in [1.807, 2.05) is 0 Å². The summed E-state index contributed by atoms with van der Waals surface area (Å²) in [6.45, 7) is 4.40. The molecule has 3 atom stereocenters. The van der Waals surface area contributed by atoms with Crippen LogP contribution < -0.4 is 5.32 Å². The van der Waals surface area contributed by atoms with E-state index in [0.29, 0.717) is 18.0 Å². The third-order valence-corrected chi connectivity index (χ3v) is 4.63. The van der Waals surface area contributed by atoms with Gasteiger partial charge in [0.25, 0.3) is 0 Å². The van der Waals surface area contributed by atoms with E-state index in [0.717, 1.165) is 13.0 Å². The van der Waals surface area contributed by atoms with Gasteiger partial charge in [-0.2, -0.15) is 11.8 Å². The van der Waals surface area contributed by atoms with Crippen molar-refractivity contribution in [1.29, 1.82) is 0 Å². The number of nitrogens with one attached hydrogen (secondary N) is 1. The van der Waals surface area contributed by atoms with Crippen LogP contribution in [0.2, 0.25) is 0 Å². The van der Waals surface area contributed by atoms with E-state index in [-0.39, 0.29) is 0 Å². The average Bonchev–Trinajstić information content (AvgIpc) is 2.30. The summed E-state index contributed by atoms with van der Waals surface area (Å²) in [6, 6.07) is 1.24. The number of nitrogens with zero attached hydrogens (tertiary/aromatic N) is 1. The highest BCUT2D eigenvalue weighted by Crippen LogP contribution is 2.22. The average molecular weight is 246 g/mol. The van der Waals surface area contributed by atoms with Crippen molar-refractivity contribution in [2.24, 2.45) is 5.92 Å². The van der Waals surface area contributed by atoms with Crippen LogP contribution in [-0.4, -0.2) is 62.8 Å². The Hall–Kier alpha value is 0.230. The van der Waals surface area contributed by atoms with Crippen LogP contribution in [0.3, 0.4) is 0 Å². The van der Waals surface area contributed by atoms with Crippen molar-refractivity contribution in [3.8, 4) is 0 Å². The predicted molar refractivity (Wildman–Crippen MR) is 72.2 cm³/mol. The summed E-state index contributed by atoms with van der Waals surface area (Å²) in [7, 11) is 6.11. The molecule has 1 fully saturated rings. The molecule has 0 spiro atoms. The zero-order valence-corrected chi connectivity index (χ0v) is 11.8. The van der Waals surface area contributed by atoms with Gasteiger partial charge in [0, 0.05) is 43.9 Å². The molecular formula is C12H26N2OS. The van der Waals surface area contributed by atoms with Gasteiger partial charge in [-0.15, -0.1) is 0 Å². The Morgan fingerprint density at radius 1 is 1.56 bits per heavy atom. The molecule has 3 unspecified atom stereocenters. The second kappa shape index (κ2) is 7.54. The minimum atomic E-state index is 0.577. The van der Waals surface area contributed by atoms with Crippen molar-refractivity contribution in [1.82, 2.24) is 10.2 Å². The highest BCUT2D eigenvalue weighted by Gasteiger charge is 2.30. The summed E-state index contributed by atoms with van der Waals surface area (Å²) in [5.74, 6) is 3.19. The molecule has 0 aromatic carbocycles. The van der Waals surface area contributed by atoms with Crippen molar-refractivity contribution in [3.63, 3.8) is 0 Å². The molecule has 0 bridgehead atoms. The Morgan fingerprint density at radius 2 is 2.31 bits per heavy atom. The number of hydrogen-bond donors (Lipinski definition) is 1. The maximum Gasteiger partial charge on any atom is 0.0465 e. The van der Waals surface area contributed by atoms with Crippen LogP contribution in [0.1, 0.15) is 13.3 Å². The van der Waals surface area contributed by atoms with Crippen molar-refractivity contribution in [2.45, 2.75) is 25.4 Å². The fraction of sp³-hybridized carbons (Fsp3) is 1.00. The lowest BCUT2D eigenvalue weighted by atomic mass is 9.92. The summed E-state index contributed by atoms with van der Waals surface area (Å²) in [6.07, 6.45) is 1.14. The molecule has 16 heavy (non-hydrogen) atoms. The lowest BCUT2D eigenvalue weighted by Crippen LogP contribution is -2.54. The molecule has 0 aliphatic carbocycles. The van der Waals surface area contributed by atoms with Crippen LogP contribution in [0.15, 0.2) is 0 Å². The molecule has 1 aliphatic heterocycles. The highest BCUT2D eigenvalue weighted by atomic mass is 32.2. The van der Waals surface area contributed by atoms with Gasteiger partial charge in [0.1, 0.15) is 0 Å². The zero-order chi connectivity index (χ0) is 12.0. The van der Waals surface area contributed by atoms with Gasteiger partial charge >= 0.3 is 0 Å². The summed E-state index contributed by atoms with van der Waals surface area (Å²) in [5, 5.41) is 3.50. The van der Waals surface area contributed by atoms with E-state index >= 15 is 0 Å². The van der Waals surface area contributed by atoms with E-state index in [4.69, 9.17) is 4.74 Å². The Bertz CT molecular complexity index is 192. The monoisotopic (exact) mass is 246 g/mol. The molecule has 96 valence electrons. The number of methoxy groups -OCH3 is 1. The van der Waals surface area contributed by atoms with Crippen molar-refractivity contribution < 1.29 is 4.74 Å². The van der Waals surface area contributed by atoms with Crippen LogP contribution in [0, 0.1) is 5.92 Å². The van der Waals surface area contributed by atoms with Crippen LogP contribution >= 0.6 is 11.8 Å². The largest absolute Gasteiger partial charge is 0.385 e. The maximum absolute atomic E-state index is 5.17. The lowest BCUT2D eigenvalue weighted by molar-refractivity contribution is 0.141. The third kappa shape index (κ3) is 3.91. The molecule has 4 heteroatoms.